The molecule has 12 saturated carbocycles. The number of anilines is 1. The van der Waals surface area contributed by atoms with Crippen LogP contribution in [0.15, 0.2) is 54.5 Å². The van der Waals surface area contributed by atoms with Crippen LogP contribution in [0.25, 0.3) is 0 Å². The molecule has 0 amide bonds. The molecule has 4 N–H and O–H groups in total. The molecule has 2 aromatic carbocycles. The van der Waals surface area contributed by atoms with E-state index in [1.54, 1.807) is 0 Å². The summed E-state index contributed by atoms with van der Waals surface area (Å²) in [5.74, 6) is 6.85. The molecule has 0 saturated heterocycles. The van der Waals surface area contributed by atoms with Crippen LogP contribution in [0, 0.1) is 122 Å². The summed E-state index contributed by atoms with van der Waals surface area (Å²) in [7, 11) is 4.21. The zero-order chi connectivity index (χ0) is 98.1. The first-order valence-corrected chi connectivity index (χ1v) is 52.0. The van der Waals surface area contributed by atoms with Gasteiger partial charge < -0.3 is 57.7 Å². The van der Waals surface area contributed by atoms with E-state index in [2.05, 4.69) is 121 Å². The molecule has 12 aliphatic carbocycles. The molecule has 0 aliphatic heterocycles. The summed E-state index contributed by atoms with van der Waals surface area (Å²) in [4.78, 5) is 100. The van der Waals surface area contributed by atoms with Crippen molar-refractivity contribution in [2.24, 2.45) is 94.7 Å². The number of rotatable bonds is 30. The van der Waals surface area contributed by atoms with Gasteiger partial charge in [-0.15, -0.1) is 0 Å². The number of aryl methyl sites for hydroxylation is 4. The maximum Gasteiger partial charge on any atom is 0.310 e. The van der Waals surface area contributed by atoms with Crippen molar-refractivity contribution in [1.29, 1.82) is 0 Å². The lowest BCUT2D eigenvalue weighted by Crippen LogP contribution is -2.30. The average Bonchev–Trinajstić information content (AvgIpc) is 1.66. The Morgan fingerprint density at radius 1 is 0.360 bits per heavy atom. The number of esters is 5. The van der Waals surface area contributed by atoms with Crippen LogP contribution >= 0.6 is 0 Å². The first kappa shape index (κ1) is 103. The molecule has 4 aromatic heterocycles. The molecule has 0 spiro atoms. The van der Waals surface area contributed by atoms with Crippen molar-refractivity contribution >= 4 is 53.3 Å². The number of aromatic nitrogens is 4. The van der Waals surface area contributed by atoms with Gasteiger partial charge in [0.05, 0.1) is 85.5 Å². The van der Waals surface area contributed by atoms with Gasteiger partial charge in [-0.25, -0.2) is 0 Å². The van der Waals surface area contributed by atoms with Gasteiger partial charge >= 0.3 is 41.8 Å². The number of nitrogens with zero attached hydrogens (tertiary/aromatic N) is 4. The second-order valence-corrected chi connectivity index (χ2v) is 47.4. The Balaban J connectivity index is 0.000000141. The molecule has 24 heteroatoms. The van der Waals surface area contributed by atoms with Gasteiger partial charge in [-0.1, -0.05) is 117 Å². The van der Waals surface area contributed by atoms with Crippen molar-refractivity contribution in [2.75, 3.05) is 27.1 Å². The van der Waals surface area contributed by atoms with E-state index in [9.17, 15) is 48.6 Å². The second kappa shape index (κ2) is 43.4. The summed E-state index contributed by atoms with van der Waals surface area (Å²) < 4.78 is 50.3. The van der Waals surface area contributed by atoms with Crippen LogP contribution in [0.4, 0.5) is 5.69 Å². The highest BCUT2D eigenvalue weighted by molar-refractivity contribution is 5.87. The average molecular weight is 1880 g/mol. The van der Waals surface area contributed by atoms with Crippen LogP contribution in [0.2, 0.25) is 0 Å². The highest BCUT2D eigenvalue weighted by Gasteiger charge is 2.55. The van der Waals surface area contributed by atoms with Gasteiger partial charge in [-0.05, 0) is 343 Å². The molecule has 0 radical (unpaired) electrons. The summed E-state index contributed by atoms with van der Waals surface area (Å²) in [5, 5.41) is 37.5. The fraction of sp³-hybridized carbons (Fsp3) is 0.714. The number of carboxylic acid groups (broad SMARTS) is 2. The van der Waals surface area contributed by atoms with Crippen LogP contribution in [-0.4, -0.2) is 111 Å². The molecule has 746 valence electrons. The molecule has 18 rings (SSSR count). The van der Waals surface area contributed by atoms with Gasteiger partial charge in [0.25, 0.3) is 0 Å². The minimum Gasteiger partial charge on any atom is -0.481 e. The summed E-state index contributed by atoms with van der Waals surface area (Å²) in [6.07, 6.45) is 27.5. The Bertz CT molecular complexity index is 5160. The fourth-order valence-corrected chi connectivity index (χ4v) is 24.6. The number of ketones is 1. The van der Waals surface area contributed by atoms with Crippen molar-refractivity contribution in [3.63, 3.8) is 0 Å². The topological polar surface area (TPSA) is 353 Å². The number of Topliss-reactive ketones (excluding diaryl/α,β-unsaturated/α-hetero) is 1. The SMILES string of the molecule is CC(C)CC1CC(c2onc(C3CC(C(=O)O)C[C@@H]3C(=O)OC(C)(C)C)c2C2CC2)C1.COC(=O)C1CC(c2noc(C3CC(CC(C)C)C3)c2C2CC2)[C@@H](C(=O)Cc2ccc(C)cc2C)C1.COC(=O)C1CC(c2noc(C3CC(CC(C)C)C3)c2C2CC2)[C@@H](C(=O)O)C1.COC(=O)C1CC(c2noc(C3CC(CC(C)C)C3)c2C2CC2)[C@@H](C(=O)OC(C)(C)C)C1.Cc1ccc(N)c(C)c1. The molecule has 24 nitrogen and oxygen atoms in total. The van der Waals surface area contributed by atoms with Crippen molar-refractivity contribution in [2.45, 2.75) is 393 Å². The van der Waals surface area contributed by atoms with Gasteiger partial charge in [0, 0.05) is 87.6 Å². The van der Waals surface area contributed by atoms with Gasteiger partial charge in [0.2, 0.25) is 0 Å². The van der Waals surface area contributed by atoms with Gasteiger partial charge in [-0.3, -0.25) is 38.4 Å². The van der Waals surface area contributed by atoms with E-state index in [0.717, 1.165) is 194 Å². The van der Waals surface area contributed by atoms with Crippen LogP contribution in [0.1, 0.15) is 444 Å². The Hall–Kier alpha value is -8.96. The smallest absolute Gasteiger partial charge is 0.310 e. The molecule has 12 atom stereocenters. The van der Waals surface area contributed by atoms with E-state index in [4.69, 9.17) is 47.5 Å². The number of nitrogens with two attached hydrogens (primary N) is 1. The molecule has 4 heterocycles. The Labute approximate surface area is 806 Å². The third-order valence-corrected chi connectivity index (χ3v) is 31.8. The van der Waals surface area contributed by atoms with Crippen LogP contribution in [-0.2, 0) is 68.5 Å². The monoisotopic (exact) mass is 1880 g/mol. The van der Waals surface area contributed by atoms with Gasteiger partial charge in [0.1, 0.15) is 40.0 Å². The third-order valence-electron chi connectivity index (χ3n) is 31.8. The minimum atomic E-state index is -0.858. The normalized spacial score (nSPS) is 28.8. The molecule has 8 unspecified atom stereocenters. The quantitative estimate of drug-likeness (QED) is 0.0214. The molecular formula is C112H159N5O19. The zero-order valence-electron chi connectivity index (χ0n) is 85.3. The summed E-state index contributed by atoms with van der Waals surface area (Å²) in [5.41, 5.74) is 19.5. The van der Waals surface area contributed by atoms with Crippen LogP contribution in [0.3, 0.4) is 0 Å². The first-order chi connectivity index (χ1) is 64.4. The highest BCUT2D eigenvalue weighted by atomic mass is 16.6. The van der Waals surface area contributed by atoms with E-state index >= 15 is 0 Å². The van der Waals surface area contributed by atoms with Crippen LogP contribution < -0.4 is 5.73 Å². The zero-order valence-corrected chi connectivity index (χ0v) is 85.3. The second-order valence-electron chi connectivity index (χ2n) is 47.4. The number of hydrogen-bond acceptors (Lipinski definition) is 22. The Morgan fingerprint density at radius 2 is 0.640 bits per heavy atom. The Kier molecular flexibility index (Phi) is 32.9. The number of carboxylic acids is 2. The van der Waals surface area contributed by atoms with Crippen molar-refractivity contribution in [1.82, 2.24) is 20.6 Å². The van der Waals surface area contributed by atoms with E-state index in [-0.39, 0.29) is 83.0 Å². The van der Waals surface area contributed by atoms with Crippen LogP contribution in [0.5, 0.6) is 0 Å². The number of methoxy groups -OCH3 is 3. The number of carbonyl (C=O) groups is 8. The van der Waals surface area contributed by atoms with Gasteiger partial charge in [-0.2, -0.15) is 0 Å². The van der Waals surface area contributed by atoms with Crippen molar-refractivity contribution < 1.29 is 90.3 Å². The summed E-state index contributed by atoms with van der Waals surface area (Å²) in [6.45, 7) is 37.6. The van der Waals surface area contributed by atoms with E-state index in [1.165, 1.54) is 93.2 Å². The molecule has 136 heavy (non-hydrogen) atoms. The number of carbonyl (C=O) groups excluding carboxylic acids is 6. The molecule has 12 fully saturated rings. The maximum atomic E-state index is 13.7. The van der Waals surface area contributed by atoms with Crippen molar-refractivity contribution in [3.8, 4) is 0 Å². The molecule has 0 bridgehead atoms. The Morgan fingerprint density at radius 3 is 0.912 bits per heavy atom. The largest absolute Gasteiger partial charge is 0.481 e. The molecule has 12 aliphatic rings. The highest BCUT2D eigenvalue weighted by Crippen LogP contribution is 2.61. The lowest BCUT2D eigenvalue weighted by atomic mass is 9.69. The summed E-state index contributed by atoms with van der Waals surface area (Å²) >= 11 is 0. The number of nitrogen functional groups attached to an aromatic ring is 1. The lowest BCUT2D eigenvalue weighted by Gasteiger charge is -2.35. The van der Waals surface area contributed by atoms with Gasteiger partial charge in [0.15, 0.2) is 0 Å². The van der Waals surface area contributed by atoms with E-state index in [1.807, 2.05) is 60.6 Å². The number of aliphatic carboxylic acids is 2. The van der Waals surface area contributed by atoms with E-state index < -0.39 is 46.8 Å². The predicted molar refractivity (Wildman–Crippen MR) is 517 cm³/mol. The van der Waals surface area contributed by atoms with Crippen molar-refractivity contribution in [3.05, 3.63) is 132 Å². The number of benzene rings is 2. The van der Waals surface area contributed by atoms with E-state index in [0.29, 0.717) is 117 Å². The first-order valence-electron chi connectivity index (χ1n) is 52.0. The summed E-state index contributed by atoms with van der Waals surface area (Å²) in [6, 6.07) is 12.3. The molecular weight excluding hydrogens is 1720 g/mol. The minimum absolute atomic E-state index is 0.0769. The molecule has 6 aromatic rings. The lowest BCUT2D eigenvalue weighted by molar-refractivity contribution is -0.161. The predicted octanol–water partition coefficient (Wildman–Crippen LogP) is 24.5. The maximum absolute atomic E-state index is 13.7. The number of hydrogen-bond donors (Lipinski definition) is 3. The number of ether oxygens (including phenoxy) is 5. The standard InChI is InChI=1S/C31H41NO4.C26H39NO5.C25H37NO5.C22H31NO5.C8H11N/c1-17(2)10-20-12-23(13-20)30-28(21-8-9-21)29(32-36-30)26-15-24(31(34)35-5)14-25(26)27(33)16-22-7-6-18(3)11-19(22)4;1-14(2)9-15-10-17(11-15)23-21(16-7-8-16)22(27-32-23)19-12-18(24(28)30-6)13-20(19)25(29)31-26(3,4)5;1-13(2)8-14-9-16(10-14)22-20(15-6-7-15)21(26-31-22)18-11-17(23(27)28)12-19(18)24(29)30-25(3,4)5;1-11(2)6-12-7-14(8-12)20-18(13-4-5-13)19(23-28-20)16-9-15(22(26)27-3)10-17(16)21(24)25;1-6-3-4-8(9)7(2)5-6/h6-7,11,17,20-21,23-26H,8-10,12-16H2,1-5H3;14-20H,7-13H2,1-6H3;13-19H,6-12H2,1-5H3,(H,27,28);11-17H,4-10H2,1-3H3,(H,24,25);3-5H,9H2,1-2H3/t20?,23?,24?,25-,26?;15?,17?,18?,19?,20-;14?,16?,17?,18?,19-;12?,14?,15?,16?,17-;/m0000./s1. The fourth-order valence-electron chi connectivity index (χ4n) is 24.6. The third kappa shape index (κ3) is 25.1.